The van der Waals surface area contributed by atoms with Gasteiger partial charge < -0.3 is 9.64 Å². The van der Waals surface area contributed by atoms with Crippen LogP contribution in [0.4, 0.5) is 5.13 Å². The first-order valence-electron chi connectivity index (χ1n) is 6.40. The molecule has 2 rings (SSSR count). The zero-order valence-electron chi connectivity index (χ0n) is 11.3. The number of thiazole rings is 1. The Hall–Kier alpha value is -1.18. The molecular weight excluding hydrogens is 264 g/mol. The van der Waals surface area contributed by atoms with Crippen LogP contribution in [0.5, 0.6) is 0 Å². The fourth-order valence-corrected chi connectivity index (χ4v) is 3.32. The Morgan fingerprint density at radius 1 is 1.68 bits per heavy atom. The van der Waals surface area contributed by atoms with Crippen molar-refractivity contribution in [3.63, 3.8) is 0 Å². The van der Waals surface area contributed by atoms with E-state index in [4.69, 9.17) is 10.6 Å². The summed E-state index contributed by atoms with van der Waals surface area (Å²) in [7, 11) is 1.59. The van der Waals surface area contributed by atoms with Gasteiger partial charge in [-0.3, -0.25) is 10.2 Å². The number of ether oxygens (including phenoxy) is 1. The average molecular weight is 284 g/mol. The standard InChI is InChI=1S/C12H20N4O2S/c1-8-4-3-5-16(6-8)12-14-9(7-18-2)10(19-12)11(17)15-13/h8H,3-7,13H2,1-2H3,(H,15,17). The van der Waals surface area contributed by atoms with Crippen LogP contribution in [0.2, 0.25) is 0 Å². The molecule has 2 heterocycles. The summed E-state index contributed by atoms with van der Waals surface area (Å²) in [6.45, 7) is 4.55. The van der Waals surface area contributed by atoms with Crippen molar-refractivity contribution in [2.75, 3.05) is 25.1 Å². The molecule has 0 bridgehead atoms. The van der Waals surface area contributed by atoms with Crippen LogP contribution in [-0.2, 0) is 11.3 Å². The second kappa shape index (κ2) is 6.31. The van der Waals surface area contributed by atoms with Crippen LogP contribution in [0.3, 0.4) is 0 Å². The van der Waals surface area contributed by atoms with E-state index in [1.807, 2.05) is 0 Å². The average Bonchev–Trinajstić information content (AvgIpc) is 2.82. The third kappa shape index (κ3) is 3.23. The van der Waals surface area contributed by atoms with Gasteiger partial charge in [-0.25, -0.2) is 10.8 Å². The molecular formula is C12H20N4O2S. The zero-order chi connectivity index (χ0) is 13.8. The summed E-state index contributed by atoms with van der Waals surface area (Å²) in [6.07, 6.45) is 2.42. The summed E-state index contributed by atoms with van der Waals surface area (Å²) in [5.41, 5.74) is 2.82. The van der Waals surface area contributed by atoms with Crippen LogP contribution >= 0.6 is 11.3 Å². The fraction of sp³-hybridized carbons (Fsp3) is 0.667. The first kappa shape index (κ1) is 14.2. The molecule has 6 nitrogen and oxygen atoms in total. The minimum atomic E-state index is -0.305. The molecule has 1 aliphatic heterocycles. The highest BCUT2D eigenvalue weighted by Crippen LogP contribution is 2.30. The first-order valence-corrected chi connectivity index (χ1v) is 7.22. The van der Waals surface area contributed by atoms with Gasteiger partial charge in [0.05, 0.1) is 12.3 Å². The molecule has 7 heteroatoms. The second-order valence-corrected chi connectivity index (χ2v) is 5.85. The summed E-state index contributed by atoms with van der Waals surface area (Å²) < 4.78 is 5.09. The molecule has 1 fully saturated rings. The number of aromatic nitrogens is 1. The molecule has 0 radical (unpaired) electrons. The molecule has 0 saturated carbocycles. The lowest BCUT2D eigenvalue weighted by atomic mass is 10.0. The van der Waals surface area contributed by atoms with Gasteiger partial charge in [0.2, 0.25) is 0 Å². The smallest absolute Gasteiger partial charge is 0.277 e. The van der Waals surface area contributed by atoms with Gasteiger partial charge >= 0.3 is 0 Å². The summed E-state index contributed by atoms with van der Waals surface area (Å²) in [5.74, 6) is 5.56. The highest BCUT2D eigenvalue weighted by atomic mass is 32.1. The molecule has 1 aromatic rings. The highest BCUT2D eigenvalue weighted by Gasteiger charge is 2.23. The highest BCUT2D eigenvalue weighted by molar-refractivity contribution is 7.17. The summed E-state index contributed by atoms with van der Waals surface area (Å²) in [4.78, 5) is 19.0. The van der Waals surface area contributed by atoms with Crippen molar-refractivity contribution in [3.05, 3.63) is 10.6 Å². The number of methoxy groups -OCH3 is 1. The van der Waals surface area contributed by atoms with Crippen molar-refractivity contribution in [2.45, 2.75) is 26.4 Å². The van der Waals surface area contributed by atoms with Gasteiger partial charge in [0, 0.05) is 20.2 Å². The Balaban J connectivity index is 2.23. The predicted octanol–water partition coefficient (Wildman–Crippen LogP) is 1.13. The molecule has 1 amide bonds. The zero-order valence-corrected chi connectivity index (χ0v) is 12.1. The van der Waals surface area contributed by atoms with E-state index in [1.54, 1.807) is 7.11 Å². The third-order valence-corrected chi connectivity index (χ3v) is 4.39. The molecule has 0 aromatic carbocycles. The molecule has 1 saturated heterocycles. The SMILES string of the molecule is COCc1nc(N2CCCC(C)C2)sc1C(=O)NN. The minimum absolute atomic E-state index is 0.305. The summed E-state index contributed by atoms with van der Waals surface area (Å²) >= 11 is 1.38. The molecule has 3 N–H and O–H groups in total. The van der Waals surface area contributed by atoms with E-state index in [0.717, 1.165) is 18.2 Å². The lowest BCUT2D eigenvalue weighted by Crippen LogP contribution is -2.34. The molecule has 1 aromatic heterocycles. The maximum atomic E-state index is 11.7. The molecule has 1 aliphatic rings. The Kier molecular flexibility index (Phi) is 4.73. The molecule has 106 valence electrons. The van der Waals surface area contributed by atoms with Crippen molar-refractivity contribution in [1.29, 1.82) is 0 Å². The number of nitrogens with zero attached hydrogens (tertiary/aromatic N) is 2. The van der Waals surface area contributed by atoms with Gasteiger partial charge in [-0.1, -0.05) is 18.3 Å². The van der Waals surface area contributed by atoms with E-state index >= 15 is 0 Å². The topological polar surface area (TPSA) is 80.5 Å². The Labute approximate surface area is 116 Å². The first-order chi connectivity index (χ1) is 9.15. The number of carbonyl (C=O) groups is 1. The summed E-state index contributed by atoms with van der Waals surface area (Å²) in [6, 6.07) is 0. The lowest BCUT2D eigenvalue weighted by Gasteiger charge is -2.30. The number of rotatable bonds is 4. The van der Waals surface area contributed by atoms with Crippen LogP contribution in [-0.4, -0.2) is 31.1 Å². The van der Waals surface area contributed by atoms with Crippen molar-refractivity contribution in [3.8, 4) is 0 Å². The van der Waals surface area contributed by atoms with Crippen molar-refractivity contribution in [2.24, 2.45) is 11.8 Å². The van der Waals surface area contributed by atoms with Crippen LogP contribution < -0.4 is 16.2 Å². The van der Waals surface area contributed by atoms with E-state index in [9.17, 15) is 4.79 Å². The Morgan fingerprint density at radius 3 is 3.11 bits per heavy atom. The van der Waals surface area contributed by atoms with Gasteiger partial charge in [-0.05, 0) is 18.8 Å². The quantitative estimate of drug-likeness (QED) is 0.492. The van der Waals surface area contributed by atoms with Crippen molar-refractivity contribution in [1.82, 2.24) is 10.4 Å². The number of hydrazine groups is 1. The maximum absolute atomic E-state index is 11.7. The maximum Gasteiger partial charge on any atom is 0.277 e. The number of nitrogens with two attached hydrogens (primary N) is 1. The number of hydrogen-bond donors (Lipinski definition) is 2. The predicted molar refractivity (Wildman–Crippen MR) is 75.1 cm³/mol. The van der Waals surface area contributed by atoms with Gasteiger partial charge in [-0.15, -0.1) is 0 Å². The van der Waals surface area contributed by atoms with Gasteiger partial charge in [0.15, 0.2) is 5.13 Å². The summed E-state index contributed by atoms with van der Waals surface area (Å²) in [5, 5.41) is 0.886. The van der Waals surface area contributed by atoms with Crippen LogP contribution in [0.15, 0.2) is 0 Å². The van der Waals surface area contributed by atoms with Gasteiger partial charge in [-0.2, -0.15) is 0 Å². The van der Waals surface area contributed by atoms with Crippen LogP contribution in [0.1, 0.15) is 35.1 Å². The number of nitrogens with one attached hydrogen (secondary N) is 1. The minimum Gasteiger partial charge on any atom is -0.378 e. The van der Waals surface area contributed by atoms with E-state index in [1.165, 1.54) is 24.2 Å². The van der Waals surface area contributed by atoms with Gasteiger partial charge in [0.25, 0.3) is 5.91 Å². The number of piperidine rings is 1. The number of anilines is 1. The Morgan fingerprint density at radius 2 is 2.47 bits per heavy atom. The lowest BCUT2D eigenvalue weighted by molar-refractivity contribution is 0.0952. The van der Waals surface area contributed by atoms with E-state index < -0.39 is 0 Å². The molecule has 1 atom stereocenters. The Bertz CT molecular complexity index is 449. The normalized spacial score (nSPS) is 19.5. The number of hydrogen-bond acceptors (Lipinski definition) is 6. The van der Waals surface area contributed by atoms with Crippen LogP contribution in [0, 0.1) is 5.92 Å². The van der Waals surface area contributed by atoms with E-state index in [2.05, 4.69) is 22.2 Å². The molecule has 19 heavy (non-hydrogen) atoms. The van der Waals surface area contributed by atoms with Crippen molar-refractivity contribution < 1.29 is 9.53 Å². The number of nitrogen functional groups attached to an aromatic ring is 1. The van der Waals surface area contributed by atoms with Crippen molar-refractivity contribution >= 4 is 22.4 Å². The fourth-order valence-electron chi connectivity index (χ4n) is 2.32. The van der Waals surface area contributed by atoms with E-state index in [-0.39, 0.29) is 5.91 Å². The molecule has 0 aliphatic carbocycles. The van der Waals surface area contributed by atoms with Crippen LogP contribution in [0.25, 0.3) is 0 Å². The van der Waals surface area contributed by atoms with Gasteiger partial charge in [0.1, 0.15) is 4.88 Å². The number of carbonyl (C=O) groups excluding carboxylic acids is 1. The largest absolute Gasteiger partial charge is 0.378 e. The second-order valence-electron chi connectivity index (χ2n) is 4.87. The number of amides is 1. The van der Waals surface area contributed by atoms with E-state index in [0.29, 0.717) is 23.1 Å². The monoisotopic (exact) mass is 284 g/mol. The third-order valence-electron chi connectivity index (χ3n) is 3.23. The molecule has 0 spiro atoms. The molecule has 1 unspecified atom stereocenters.